The standard InChI is InChI=1S/C16H12N2O3/c1-17-14(19)10-7-8-12-13(9-10)16(21)18(15(12)20)11-5-3-2-4-6-11/h2-9H,1H3,(H,17,19). The van der Waals surface area contributed by atoms with Crippen LogP contribution in [0.5, 0.6) is 0 Å². The summed E-state index contributed by atoms with van der Waals surface area (Å²) in [5.74, 6) is -1.08. The zero-order valence-corrected chi connectivity index (χ0v) is 11.3. The van der Waals surface area contributed by atoms with E-state index in [1.165, 1.54) is 25.2 Å². The van der Waals surface area contributed by atoms with E-state index in [1.807, 2.05) is 6.07 Å². The van der Waals surface area contributed by atoms with Crippen molar-refractivity contribution in [2.24, 2.45) is 0 Å². The molecule has 5 nitrogen and oxygen atoms in total. The number of amides is 3. The lowest BCUT2D eigenvalue weighted by molar-refractivity contribution is 0.0924. The van der Waals surface area contributed by atoms with E-state index in [0.29, 0.717) is 16.8 Å². The number of hydrogen-bond donors (Lipinski definition) is 1. The van der Waals surface area contributed by atoms with E-state index in [9.17, 15) is 14.4 Å². The van der Waals surface area contributed by atoms with Crippen molar-refractivity contribution in [3.05, 3.63) is 65.2 Å². The lowest BCUT2D eigenvalue weighted by atomic mass is 10.1. The molecule has 2 aromatic rings. The minimum absolute atomic E-state index is 0.255. The molecule has 1 heterocycles. The molecule has 104 valence electrons. The fourth-order valence-electron chi connectivity index (χ4n) is 2.34. The maximum atomic E-state index is 12.4. The minimum atomic E-state index is -0.410. The molecule has 0 saturated heterocycles. The fraction of sp³-hybridized carbons (Fsp3) is 0.0625. The number of anilines is 1. The number of imide groups is 1. The maximum absolute atomic E-state index is 12.4. The van der Waals surface area contributed by atoms with Crippen LogP contribution < -0.4 is 10.2 Å². The summed E-state index contributed by atoms with van der Waals surface area (Å²) in [7, 11) is 1.51. The number of nitrogens with zero attached hydrogens (tertiary/aromatic N) is 1. The number of nitrogens with one attached hydrogen (secondary N) is 1. The molecule has 3 amide bonds. The lowest BCUT2D eigenvalue weighted by Gasteiger charge is -2.13. The Bertz CT molecular complexity index is 753. The third-order valence-corrected chi connectivity index (χ3v) is 3.39. The Morgan fingerprint density at radius 2 is 1.62 bits per heavy atom. The highest BCUT2D eigenvalue weighted by atomic mass is 16.2. The Hall–Kier alpha value is -2.95. The third-order valence-electron chi connectivity index (χ3n) is 3.39. The number of fused-ring (bicyclic) bond motifs is 1. The van der Waals surface area contributed by atoms with Crippen LogP contribution in [0.15, 0.2) is 48.5 Å². The summed E-state index contributed by atoms with van der Waals surface area (Å²) >= 11 is 0. The van der Waals surface area contributed by atoms with Crippen molar-refractivity contribution in [2.45, 2.75) is 0 Å². The number of benzene rings is 2. The van der Waals surface area contributed by atoms with Crippen molar-refractivity contribution in [3.8, 4) is 0 Å². The molecule has 0 radical (unpaired) electrons. The Morgan fingerprint density at radius 1 is 0.952 bits per heavy atom. The average Bonchev–Trinajstić information content (AvgIpc) is 2.78. The van der Waals surface area contributed by atoms with Gasteiger partial charge in [0, 0.05) is 12.6 Å². The van der Waals surface area contributed by atoms with E-state index >= 15 is 0 Å². The van der Waals surface area contributed by atoms with E-state index in [0.717, 1.165) is 4.90 Å². The summed E-state index contributed by atoms with van der Waals surface area (Å²) < 4.78 is 0. The maximum Gasteiger partial charge on any atom is 0.266 e. The third kappa shape index (κ3) is 1.99. The van der Waals surface area contributed by atoms with Gasteiger partial charge in [-0.15, -0.1) is 0 Å². The van der Waals surface area contributed by atoms with Crippen LogP contribution in [-0.4, -0.2) is 24.8 Å². The molecule has 3 rings (SSSR count). The van der Waals surface area contributed by atoms with Gasteiger partial charge in [0.2, 0.25) is 0 Å². The van der Waals surface area contributed by atoms with E-state index in [2.05, 4.69) is 5.32 Å². The molecule has 0 atom stereocenters. The zero-order valence-electron chi connectivity index (χ0n) is 11.3. The Labute approximate surface area is 121 Å². The summed E-state index contributed by atoms with van der Waals surface area (Å²) in [6.07, 6.45) is 0. The van der Waals surface area contributed by atoms with Gasteiger partial charge in [0.15, 0.2) is 0 Å². The van der Waals surface area contributed by atoms with Gasteiger partial charge in [-0.05, 0) is 30.3 Å². The first-order valence-electron chi connectivity index (χ1n) is 6.43. The van der Waals surface area contributed by atoms with Gasteiger partial charge < -0.3 is 5.32 Å². The van der Waals surface area contributed by atoms with Crippen LogP contribution in [0.1, 0.15) is 31.1 Å². The van der Waals surface area contributed by atoms with Crippen molar-refractivity contribution in [1.29, 1.82) is 0 Å². The van der Waals surface area contributed by atoms with Gasteiger partial charge in [0.25, 0.3) is 17.7 Å². The molecule has 1 aliphatic rings. The van der Waals surface area contributed by atoms with Crippen molar-refractivity contribution in [3.63, 3.8) is 0 Å². The smallest absolute Gasteiger partial charge is 0.266 e. The van der Waals surface area contributed by atoms with E-state index in [1.54, 1.807) is 24.3 Å². The number of hydrogen-bond acceptors (Lipinski definition) is 3. The second-order valence-corrected chi connectivity index (χ2v) is 4.62. The molecule has 5 heteroatoms. The Morgan fingerprint density at radius 3 is 2.29 bits per heavy atom. The van der Waals surface area contributed by atoms with E-state index in [-0.39, 0.29) is 17.4 Å². The summed E-state index contributed by atoms with van der Waals surface area (Å²) in [6.45, 7) is 0. The minimum Gasteiger partial charge on any atom is -0.355 e. The van der Waals surface area contributed by atoms with Crippen LogP contribution in [0.25, 0.3) is 0 Å². The average molecular weight is 280 g/mol. The number of carbonyl (C=O) groups is 3. The molecule has 0 spiro atoms. The topological polar surface area (TPSA) is 66.5 Å². The fourth-order valence-corrected chi connectivity index (χ4v) is 2.34. The molecule has 1 N–H and O–H groups in total. The van der Waals surface area contributed by atoms with Crippen molar-refractivity contribution in [1.82, 2.24) is 5.32 Å². The van der Waals surface area contributed by atoms with Gasteiger partial charge >= 0.3 is 0 Å². The molecular formula is C16H12N2O3. The van der Waals surface area contributed by atoms with E-state index < -0.39 is 5.91 Å². The predicted octanol–water partition coefficient (Wildman–Crippen LogP) is 1.85. The lowest BCUT2D eigenvalue weighted by Crippen LogP contribution is -2.29. The summed E-state index contributed by atoms with van der Waals surface area (Å²) in [5.41, 5.74) is 1.44. The SMILES string of the molecule is CNC(=O)c1ccc2c(c1)C(=O)N(c1ccccc1)C2=O. The van der Waals surface area contributed by atoms with Crippen LogP contribution in [0.2, 0.25) is 0 Å². The first-order valence-corrected chi connectivity index (χ1v) is 6.43. The molecule has 0 saturated carbocycles. The molecule has 2 aromatic carbocycles. The molecule has 0 aromatic heterocycles. The Balaban J connectivity index is 2.07. The van der Waals surface area contributed by atoms with Gasteiger partial charge in [-0.3, -0.25) is 14.4 Å². The number of carbonyl (C=O) groups excluding carboxylic acids is 3. The molecular weight excluding hydrogens is 268 g/mol. The quantitative estimate of drug-likeness (QED) is 0.854. The predicted molar refractivity (Wildman–Crippen MR) is 77.4 cm³/mol. The molecule has 0 aliphatic carbocycles. The molecule has 1 aliphatic heterocycles. The number of rotatable bonds is 2. The van der Waals surface area contributed by atoms with Gasteiger partial charge in [-0.1, -0.05) is 18.2 Å². The van der Waals surface area contributed by atoms with Crippen molar-refractivity contribution in [2.75, 3.05) is 11.9 Å². The largest absolute Gasteiger partial charge is 0.355 e. The van der Waals surface area contributed by atoms with Gasteiger partial charge in [0.05, 0.1) is 16.8 Å². The molecule has 21 heavy (non-hydrogen) atoms. The monoisotopic (exact) mass is 280 g/mol. The molecule has 0 bridgehead atoms. The van der Waals surface area contributed by atoms with Gasteiger partial charge in [0.1, 0.15) is 0 Å². The van der Waals surface area contributed by atoms with Crippen LogP contribution in [0, 0.1) is 0 Å². The highest BCUT2D eigenvalue weighted by Gasteiger charge is 2.36. The highest BCUT2D eigenvalue weighted by Crippen LogP contribution is 2.28. The van der Waals surface area contributed by atoms with Crippen molar-refractivity contribution >= 4 is 23.4 Å². The van der Waals surface area contributed by atoms with Gasteiger partial charge in [-0.2, -0.15) is 0 Å². The van der Waals surface area contributed by atoms with Crippen LogP contribution in [-0.2, 0) is 0 Å². The number of para-hydroxylation sites is 1. The highest BCUT2D eigenvalue weighted by molar-refractivity contribution is 6.34. The van der Waals surface area contributed by atoms with Crippen LogP contribution in [0.3, 0.4) is 0 Å². The summed E-state index contributed by atoms with van der Waals surface area (Å²) in [5, 5.41) is 2.49. The second-order valence-electron chi connectivity index (χ2n) is 4.62. The Kier molecular flexibility index (Phi) is 3.02. The van der Waals surface area contributed by atoms with E-state index in [4.69, 9.17) is 0 Å². The second kappa shape index (κ2) is 4.86. The van der Waals surface area contributed by atoms with Crippen molar-refractivity contribution < 1.29 is 14.4 Å². The van der Waals surface area contributed by atoms with Gasteiger partial charge in [-0.25, -0.2) is 4.90 Å². The normalized spacial score (nSPS) is 13.3. The molecule has 0 unspecified atom stereocenters. The zero-order chi connectivity index (χ0) is 15.0. The summed E-state index contributed by atoms with van der Waals surface area (Å²) in [6, 6.07) is 13.2. The summed E-state index contributed by atoms with van der Waals surface area (Å²) in [4.78, 5) is 37.6. The molecule has 0 fully saturated rings. The first-order chi connectivity index (χ1) is 10.1. The first kappa shape index (κ1) is 13.1. The van der Waals surface area contributed by atoms with Crippen LogP contribution >= 0.6 is 0 Å². The van der Waals surface area contributed by atoms with Crippen LogP contribution in [0.4, 0.5) is 5.69 Å².